The topological polar surface area (TPSA) is 29.5 Å². The van der Waals surface area contributed by atoms with Gasteiger partial charge in [0, 0.05) is 18.8 Å². The van der Waals surface area contributed by atoms with E-state index in [0.717, 1.165) is 37.1 Å². The Kier molecular flexibility index (Phi) is 8.21. The highest BCUT2D eigenvalue weighted by Gasteiger charge is 2.73. The lowest BCUT2D eigenvalue weighted by molar-refractivity contribution is -0.389. The lowest BCUT2D eigenvalue weighted by Crippen LogP contribution is -2.56. The van der Waals surface area contributed by atoms with Crippen LogP contribution >= 0.6 is 0 Å². The van der Waals surface area contributed by atoms with Crippen molar-refractivity contribution in [1.82, 2.24) is 0 Å². The number of alkyl halides is 6. The van der Waals surface area contributed by atoms with Gasteiger partial charge in [0.1, 0.15) is 0 Å². The minimum atomic E-state index is -5.63. The fourth-order valence-electron chi connectivity index (χ4n) is 2.55. The maximum atomic E-state index is 13.4. The highest BCUT2D eigenvalue weighted by atomic mass is 19.4. The fourth-order valence-corrected chi connectivity index (χ4v) is 2.55. The second-order valence-electron chi connectivity index (χ2n) is 5.74. The molecule has 0 amide bonds. The molecule has 0 heterocycles. The van der Waals surface area contributed by atoms with Crippen molar-refractivity contribution in [2.45, 2.75) is 56.5 Å². The van der Waals surface area contributed by atoms with Crippen molar-refractivity contribution in [3.63, 3.8) is 0 Å². The van der Waals surface area contributed by atoms with E-state index in [0.29, 0.717) is 19.3 Å². The zero-order valence-corrected chi connectivity index (χ0v) is 13.7. The van der Waals surface area contributed by atoms with E-state index >= 15 is 0 Å². The summed E-state index contributed by atoms with van der Waals surface area (Å²) in [5.41, 5.74) is -5.30. The Bertz CT molecular complexity index is 470. The number of hydrogen-bond acceptors (Lipinski definition) is 2. The van der Waals surface area contributed by atoms with Gasteiger partial charge in [0.25, 0.3) is 5.60 Å². The van der Waals surface area contributed by atoms with Crippen molar-refractivity contribution in [2.24, 2.45) is 0 Å². The molecule has 0 saturated carbocycles. The van der Waals surface area contributed by atoms with E-state index in [1.807, 2.05) is 0 Å². The highest BCUT2D eigenvalue weighted by Crippen LogP contribution is 2.52. The minimum Gasteiger partial charge on any atom is -0.396 e. The molecule has 0 bridgehead atoms. The summed E-state index contributed by atoms with van der Waals surface area (Å²) in [4.78, 5) is 0. The number of halogens is 6. The number of ether oxygens (including phenoxy) is 1. The highest BCUT2D eigenvalue weighted by molar-refractivity contribution is 5.27. The first-order valence-corrected chi connectivity index (χ1v) is 8.10. The third-order valence-corrected chi connectivity index (χ3v) is 3.85. The van der Waals surface area contributed by atoms with Crippen LogP contribution in [-0.2, 0) is 10.3 Å². The number of aliphatic hydroxyl groups excluding tert-OH is 1. The molecule has 0 atom stereocenters. The lowest BCUT2D eigenvalue weighted by atomic mass is 9.92. The Hall–Kier alpha value is -1.28. The molecule has 25 heavy (non-hydrogen) atoms. The van der Waals surface area contributed by atoms with Crippen LogP contribution in [0.4, 0.5) is 26.3 Å². The summed E-state index contributed by atoms with van der Waals surface area (Å²) in [6, 6.07) is 5.12. The smallest absolute Gasteiger partial charge is 0.396 e. The van der Waals surface area contributed by atoms with Gasteiger partial charge in [-0.15, -0.1) is 0 Å². The van der Waals surface area contributed by atoms with Gasteiger partial charge in [0.05, 0.1) is 0 Å². The van der Waals surface area contributed by atoms with Crippen molar-refractivity contribution < 1.29 is 36.2 Å². The van der Waals surface area contributed by atoms with Gasteiger partial charge in [0.15, 0.2) is 0 Å². The second kappa shape index (κ2) is 9.43. The van der Waals surface area contributed by atoms with E-state index in [1.165, 1.54) is 6.07 Å². The predicted octanol–water partition coefficient (Wildman–Crippen LogP) is 5.36. The predicted molar refractivity (Wildman–Crippen MR) is 81.0 cm³/mol. The van der Waals surface area contributed by atoms with Crippen molar-refractivity contribution in [1.29, 1.82) is 0 Å². The van der Waals surface area contributed by atoms with E-state index in [4.69, 9.17) is 5.11 Å². The monoisotopic (exact) mass is 372 g/mol. The van der Waals surface area contributed by atoms with Crippen LogP contribution in [0.2, 0.25) is 0 Å². The van der Waals surface area contributed by atoms with Gasteiger partial charge in [-0.05, 0) is 12.8 Å². The molecule has 0 aromatic heterocycles. The van der Waals surface area contributed by atoms with Crippen LogP contribution in [0.1, 0.15) is 44.1 Å². The Morgan fingerprint density at radius 2 is 1.20 bits per heavy atom. The van der Waals surface area contributed by atoms with Crippen LogP contribution in [0.5, 0.6) is 0 Å². The summed E-state index contributed by atoms with van der Waals surface area (Å²) < 4.78 is 84.9. The number of rotatable bonds is 10. The van der Waals surface area contributed by atoms with Crippen LogP contribution in [-0.4, -0.2) is 30.7 Å². The Labute approximate surface area is 142 Å². The van der Waals surface area contributed by atoms with Crippen LogP contribution < -0.4 is 0 Å². The zero-order valence-electron chi connectivity index (χ0n) is 13.7. The number of benzene rings is 1. The average Bonchev–Trinajstić information content (AvgIpc) is 2.52. The zero-order chi connectivity index (χ0) is 19.0. The molecule has 1 rings (SSSR count). The summed E-state index contributed by atoms with van der Waals surface area (Å²) in [5.74, 6) is 0. The molecular formula is C17H22F6O2. The fraction of sp³-hybridized carbons (Fsp3) is 0.647. The average molecular weight is 372 g/mol. The molecule has 0 aliphatic carbocycles. The van der Waals surface area contributed by atoms with Crippen LogP contribution in [0, 0.1) is 0 Å². The second-order valence-corrected chi connectivity index (χ2v) is 5.74. The molecule has 8 heteroatoms. The standard InChI is InChI=1S/C17H22F6O2/c18-16(19,20)15(17(21,22)23,14-10-6-5-7-11-14)25-13-9-4-2-1-3-8-12-24/h5-7,10-11,24H,1-4,8-9,12-13H2. The van der Waals surface area contributed by atoms with Crippen molar-refractivity contribution in [2.75, 3.05) is 13.2 Å². The third-order valence-electron chi connectivity index (χ3n) is 3.85. The summed E-state index contributed by atoms with van der Waals surface area (Å²) in [7, 11) is 0. The number of hydrogen-bond donors (Lipinski definition) is 1. The number of unbranched alkanes of at least 4 members (excludes halogenated alkanes) is 5. The van der Waals surface area contributed by atoms with Gasteiger partial charge < -0.3 is 9.84 Å². The Morgan fingerprint density at radius 3 is 1.68 bits per heavy atom. The van der Waals surface area contributed by atoms with Crippen LogP contribution in [0.3, 0.4) is 0 Å². The molecule has 0 aliphatic rings. The molecule has 1 N–H and O–H groups in total. The molecule has 2 nitrogen and oxygen atoms in total. The van der Waals surface area contributed by atoms with E-state index in [9.17, 15) is 26.3 Å². The molecular weight excluding hydrogens is 350 g/mol. The van der Waals surface area contributed by atoms with Crippen molar-refractivity contribution in [3.05, 3.63) is 35.9 Å². The van der Waals surface area contributed by atoms with Gasteiger partial charge in [-0.2, -0.15) is 26.3 Å². The normalized spacial score (nSPS) is 13.2. The first-order valence-electron chi connectivity index (χ1n) is 8.10. The Morgan fingerprint density at radius 1 is 0.720 bits per heavy atom. The maximum absolute atomic E-state index is 13.4. The quantitative estimate of drug-likeness (QED) is 0.443. The summed E-state index contributed by atoms with van der Waals surface area (Å²) in [6.45, 7) is -0.576. The van der Waals surface area contributed by atoms with Gasteiger partial charge in [-0.3, -0.25) is 0 Å². The molecule has 1 aromatic rings. The van der Waals surface area contributed by atoms with Crippen LogP contribution in [0.15, 0.2) is 30.3 Å². The van der Waals surface area contributed by atoms with E-state index in [2.05, 4.69) is 4.74 Å². The van der Waals surface area contributed by atoms with E-state index in [1.54, 1.807) is 0 Å². The first kappa shape index (κ1) is 21.8. The van der Waals surface area contributed by atoms with Crippen LogP contribution in [0.25, 0.3) is 0 Å². The van der Waals surface area contributed by atoms with Gasteiger partial charge >= 0.3 is 12.4 Å². The molecule has 0 aliphatic heterocycles. The first-order chi connectivity index (χ1) is 11.7. The van der Waals surface area contributed by atoms with Crippen molar-refractivity contribution >= 4 is 0 Å². The number of aliphatic hydroxyl groups is 1. The molecule has 0 unspecified atom stereocenters. The molecule has 0 spiro atoms. The lowest BCUT2D eigenvalue weighted by Gasteiger charge is -2.37. The Balaban J connectivity index is 2.80. The molecule has 144 valence electrons. The van der Waals surface area contributed by atoms with Gasteiger partial charge in [-0.25, -0.2) is 0 Å². The molecule has 1 aromatic carbocycles. The summed E-state index contributed by atoms with van der Waals surface area (Å²) in [6.07, 6.45) is -7.86. The van der Waals surface area contributed by atoms with E-state index in [-0.39, 0.29) is 13.0 Å². The largest absolute Gasteiger partial charge is 0.430 e. The SMILES string of the molecule is OCCCCCCCCOC(c1ccccc1)(C(F)(F)F)C(F)(F)F. The van der Waals surface area contributed by atoms with E-state index < -0.39 is 30.1 Å². The molecule has 0 saturated heterocycles. The third kappa shape index (κ3) is 5.60. The molecule has 0 fully saturated rings. The molecule has 0 radical (unpaired) electrons. The summed E-state index contributed by atoms with van der Waals surface area (Å²) in [5, 5.41) is 8.62. The maximum Gasteiger partial charge on any atom is 0.430 e. The minimum absolute atomic E-state index is 0.0693. The van der Waals surface area contributed by atoms with Gasteiger partial charge in [0.2, 0.25) is 0 Å². The van der Waals surface area contributed by atoms with Gasteiger partial charge in [-0.1, -0.05) is 56.0 Å². The summed E-state index contributed by atoms with van der Waals surface area (Å²) >= 11 is 0. The van der Waals surface area contributed by atoms with Crippen molar-refractivity contribution in [3.8, 4) is 0 Å².